The van der Waals surface area contributed by atoms with E-state index in [4.69, 9.17) is 0 Å². The molecule has 0 amide bonds. The Hall–Kier alpha value is 1.80. The predicted octanol–water partition coefficient (Wildman–Crippen LogP) is 1.38. The largest absolute Gasteiger partial charge is 0.197 e. The fourth-order valence-electron chi connectivity index (χ4n) is 0. The van der Waals surface area contributed by atoms with Crippen LogP contribution in [-0.4, -0.2) is 0 Å². The minimum Gasteiger partial charge on any atom is -0.197 e. The van der Waals surface area contributed by atoms with E-state index in [-0.39, 0.29) is 69.3 Å². The van der Waals surface area contributed by atoms with Crippen LogP contribution in [-0.2, 0) is 18.6 Å². The third-order valence-electron chi connectivity index (χ3n) is 0. The van der Waals surface area contributed by atoms with Gasteiger partial charge in [-0.2, -0.15) is 13.5 Å². The van der Waals surface area contributed by atoms with Gasteiger partial charge in [-0.1, -0.05) is 0 Å². The first-order chi connectivity index (χ1) is 0. The van der Waals surface area contributed by atoms with Gasteiger partial charge < -0.3 is 0 Å². The van der Waals surface area contributed by atoms with Crippen molar-refractivity contribution < 1.29 is 18.6 Å². The minimum atomic E-state index is 0. The fourth-order valence-corrected chi connectivity index (χ4v) is 0. The van der Waals surface area contributed by atoms with Gasteiger partial charge in [0, 0.05) is 18.6 Å². The van der Waals surface area contributed by atoms with Crippen molar-refractivity contribution in [2.75, 3.05) is 0 Å². The van der Waals surface area contributed by atoms with Crippen LogP contribution < -0.4 is 0 Å². The fraction of sp³-hybridized carbons (Fsp3) is 0. The van der Waals surface area contributed by atoms with Gasteiger partial charge in [-0.3, -0.25) is 0 Å². The van der Waals surface area contributed by atoms with Crippen molar-refractivity contribution in [3.8, 4) is 0 Å². The summed E-state index contributed by atoms with van der Waals surface area (Å²) in [5, 5.41) is 0. The second-order valence-corrected chi connectivity index (χ2v) is 0. The van der Waals surface area contributed by atoms with Crippen LogP contribution in [0, 0.1) is 0 Å². The molecule has 0 aliphatic rings. The van der Waals surface area contributed by atoms with Gasteiger partial charge in [-0.05, 0) is 0 Å². The summed E-state index contributed by atoms with van der Waals surface area (Å²) in [4.78, 5) is 0. The Morgan fingerprint density at radius 3 is 0.600 bits per heavy atom. The summed E-state index contributed by atoms with van der Waals surface area (Å²) in [6, 6.07) is 0. The van der Waals surface area contributed by atoms with Gasteiger partial charge in [-0.15, -0.1) is 37.2 Å². The maximum atomic E-state index is 0. The summed E-state index contributed by atoms with van der Waals surface area (Å²) < 4.78 is 0. The van der Waals surface area contributed by atoms with Gasteiger partial charge in [0.25, 0.3) is 0 Å². The molecule has 0 aliphatic heterocycles. The van der Waals surface area contributed by atoms with Crippen LogP contribution in [0.1, 0.15) is 0 Å². The Morgan fingerprint density at radius 1 is 0.600 bits per heavy atom. The molecule has 0 nitrogen and oxygen atoms in total. The molecule has 0 spiro atoms. The SMILES string of the molecule is Cl.Cl.Cl.S.[V]. The molecule has 0 rings (SSSR count). The topological polar surface area (TPSA) is 0 Å². The molecule has 0 N–H and O–H groups in total. The molecule has 0 heterocycles. The molecule has 0 aromatic heterocycles. The van der Waals surface area contributed by atoms with Gasteiger partial charge in [0.15, 0.2) is 0 Å². The molecule has 5 heavy (non-hydrogen) atoms. The van der Waals surface area contributed by atoms with Gasteiger partial charge in [0.2, 0.25) is 0 Å². The smallest absolute Gasteiger partial charge is 0 e. The third-order valence-corrected chi connectivity index (χ3v) is 0. The Bertz CT molecular complexity index is 6.85. The van der Waals surface area contributed by atoms with Gasteiger partial charge in [0.1, 0.15) is 0 Å². The van der Waals surface area contributed by atoms with Crippen LogP contribution in [0.2, 0.25) is 0 Å². The Labute approximate surface area is 69.0 Å². The molecule has 37 valence electrons. The average Bonchev–Trinajstić information content (AvgIpc) is 0. The first kappa shape index (κ1) is 70.4. The predicted molar refractivity (Wildman–Crippen MR) is 32.1 cm³/mol. The van der Waals surface area contributed by atoms with Crippen molar-refractivity contribution in [2.24, 2.45) is 0 Å². The summed E-state index contributed by atoms with van der Waals surface area (Å²) in [5.74, 6) is 0. The zero-order valence-electron chi connectivity index (χ0n) is 2.17. The van der Waals surface area contributed by atoms with Crippen LogP contribution in [0.15, 0.2) is 0 Å². The first-order valence-corrected chi connectivity index (χ1v) is 0. The third kappa shape index (κ3) is 25.8. The van der Waals surface area contributed by atoms with E-state index in [1.54, 1.807) is 0 Å². The molecule has 0 unspecified atom stereocenters. The first-order valence-electron chi connectivity index (χ1n) is 0. The molecule has 0 saturated heterocycles. The maximum Gasteiger partial charge on any atom is 0 e. The van der Waals surface area contributed by atoms with E-state index in [0.717, 1.165) is 0 Å². The average molecular weight is 194 g/mol. The maximum absolute atomic E-state index is 0. The van der Waals surface area contributed by atoms with Crippen molar-refractivity contribution in [1.29, 1.82) is 0 Å². The van der Waals surface area contributed by atoms with Gasteiger partial charge in [-0.25, -0.2) is 0 Å². The van der Waals surface area contributed by atoms with E-state index < -0.39 is 0 Å². The minimum absolute atomic E-state index is 0. The normalized spacial score (nSPS) is 0. The van der Waals surface area contributed by atoms with Crippen molar-refractivity contribution >= 4 is 50.7 Å². The molecular weight excluding hydrogens is 189 g/mol. The summed E-state index contributed by atoms with van der Waals surface area (Å²) in [6.07, 6.45) is 0. The summed E-state index contributed by atoms with van der Waals surface area (Å²) in [7, 11) is 0. The number of halogens is 3. The molecule has 5 heteroatoms. The van der Waals surface area contributed by atoms with Crippen LogP contribution >= 0.6 is 50.7 Å². The van der Waals surface area contributed by atoms with E-state index >= 15 is 0 Å². The van der Waals surface area contributed by atoms with Crippen LogP contribution in [0.4, 0.5) is 0 Å². The van der Waals surface area contributed by atoms with Crippen molar-refractivity contribution in [1.82, 2.24) is 0 Å². The summed E-state index contributed by atoms with van der Waals surface area (Å²) in [5.41, 5.74) is 0. The van der Waals surface area contributed by atoms with E-state index in [2.05, 4.69) is 0 Å². The molecule has 0 saturated carbocycles. The number of rotatable bonds is 0. The van der Waals surface area contributed by atoms with Gasteiger partial charge in [0.05, 0.1) is 0 Å². The Morgan fingerprint density at radius 2 is 0.600 bits per heavy atom. The quantitative estimate of drug-likeness (QED) is 0.546. The molecule has 0 aromatic rings. The zero-order chi connectivity index (χ0) is 0. The van der Waals surface area contributed by atoms with E-state index in [1.165, 1.54) is 0 Å². The van der Waals surface area contributed by atoms with Gasteiger partial charge >= 0.3 is 0 Å². The Balaban J connectivity index is 0. The number of hydrogen-bond donors (Lipinski definition) is 0. The second kappa shape index (κ2) is 41.1. The molecule has 0 bridgehead atoms. The monoisotopic (exact) mass is 193 g/mol. The standard InChI is InChI=1S/3ClH.H2S.V/h3*1H;1H2;. The van der Waals surface area contributed by atoms with Crippen LogP contribution in [0.25, 0.3) is 0 Å². The molecule has 1 radical (unpaired) electrons. The van der Waals surface area contributed by atoms with Crippen LogP contribution in [0.3, 0.4) is 0 Å². The van der Waals surface area contributed by atoms with Crippen LogP contribution in [0.5, 0.6) is 0 Å². The Kier molecular flexibility index (Phi) is 579. The van der Waals surface area contributed by atoms with Crippen molar-refractivity contribution in [3.63, 3.8) is 0 Å². The molecule has 0 aromatic carbocycles. The molecule has 0 atom stereocenters. The van der Waals surface area contributed by atoms with E-state index in [0.29, 0.717) is 0 Å². The number of hydrogen-bond acceptors (Lipinski definition) is 0. The van der Waals surface area contributed by atoms with Crippen molar-refractivity contribution in [2.45, 2.75) is 0 Å². The zero-order valence-corrected chi connectivity index (χ0v) is 7.02. The second-order valence-electron chi connectivity index (χ2n) is 0. The molecule has 0 fully saturated rings. The van der Waals surface area contributed by atoms with E-state index in [1.807, 2.05) is 0 Å². The summed E-state index contributed by atoms with van der Waals surface area (Å²) >= 11 is 0. The van der Waals surface area contributed by atoms with E-state index in [9.17, 15) is 0 Å². The summed E-state index contributed by atoms with van der Waals surface area (Å²) in [6.45, 7) is 0. The van der Waals surface area contributed by atoms with Crippen molar-refractivity contribution in [3.05, 3.63) is 0 Å². The molecule has 0 aliphatic carbocycles. The molecular formula is H5Cl3SV.